The number of ether oxygens (including phenoxy) is 1. The quantitative estimate of drug-likeness (QED) is 0.568. The van der Waals surface area contributed by atoms with Crippen molar-refractivity contribution in [2.75, 3.05) is 5.32 Å². The SMILES string of the molecule is Clc1ccc(COc2ccc(Cl)cc2CNc2ccccc2)cc1. The summed E-state index contributed by atoms with van der Waals surface area (Å²) < 4.78 is 5.96. The summed E-state index contributed by atoms with van der Waals surface area (Å²) in [6.07, 6.45) is 0. The Labute approximate surface area is 152 Å². The molecular weight excluding hydrogens is 341 g/mol. The summed E-state index contributed by atoms with van der Waals surface area (Å²) in [7, 11) is 0. The van der Waals surface area contributed by atoms with E-state index in [1.54, 1.807) is 0 Å². The second-order valence-electron chi connectivity index (χ2n) is 5.39. The molecule has 24 heavy (non-hydrogen) atoms. The molecule has 0 heterocycles. The molecule has 0 unspecified atom stereocenters. The van der Waals surface area contributed by atoms with Gasteiger partial charge >= 0.3 is 0 Å². The van der Waals surface area contributed by atoms with Crippen LogP contribution in [0, 0.1) is 0 Å². The van der Waals surface area contributed by atoms with Gasteiger partial charge in [0.1, 0.15) is 12.4 Å². The van der Waals surface area contributed by atoms with E-state index in [1.807, 2.05) is 72.8 Å². The molecule has 1 N–H and O–H groups in total. The van der Waals surface area contributed by atoms with Crippen LogP contribution in [0.15, 0.2) is 72.8 Å². The molecule has 0 spiro atoms. The van der Waals surface area contributed by atoms with Gasteiger partial charge in [-0.3, -0.25) is 0 Å². The van der Waals surface area contributed by atoms with Crippen LogP contribution in [0.25, 0.3) is 0 Å². The van der Waals surface area contributed by atoms with Crippen LogP contribution >= 0.6 is 23.2 Å². The van der Waals surface area contributed by atoms with Crippen molar-refractivity contribution in [3.63, 3.8) is 0 Å². The van der Waals surface area contributed by atoms with Gasteiger partial charge in [-0.1, -0.05) is 53.5 Å². The summed E-state index contributed by atoms with van der Waals surface area (Å²) in [6.45, 7) is 1.12. The summed E-state index contributed by atoms with van der Waals surface area (Å²) in [5, 5.41) is 4.79. The van der Waals surface area contributed by atoms with Crippen molar-refractivity contribution in [2.24, 2.45) is 0 Å². The Balaban J connectivity index is 1.69. The van der Waals surface area contributed by atoms with Crippen molar-refractivity contribution >= 4 is 28.9 Å². The van der Waals surface area contributed by atoms with Gasteiger partial charge in [-0.15, -0.1) is 0 Å². The highest BCUT2D eigenvalue weighted by molar-refractivity contribution is 6.30. The van der Waals surface area contributed by atoms with Crippen molar-refractivity contribution in [2.45, 2.75) is 13.2 Å². The topological polar surface area (TPSA) is 21.3 Å². The third-order valence-corrected chi connectivity index (χ3v) is 4.07. The molecule has 2 nitrogen and oxygen atoms in total. The van der Waals surface area contributed by atoms with Crippen LogP contribution in [-0.4, -0.2) is 0 Å². The zero-order chi connectivity index (χ0) is 16.8. The number of anilines is 1. The summed E-state index contributed by atoms with van der Waals surface area (Å²) in [5.74, 6) is 0.817. The van der Waals surface area contributed by atoms with Crippen molar-refractivity contribution in [3.05, 3.63) is 94.0 Å². The second kappa shape index (κ2) is 8.09. The van der Waals surface area contributed by atoms with Gasteiger partial charge in [-0.25, -0.2) is 0 Å². The van der Waals surface area contributed by atoms with Crippen LogP contribution in [-0.2, 0) is 13.2 Å². The molecule has 0 amide bonds. The summed E-state index contributed by atoms with van der Waals surface area (Å²) in [4.78, 5) is 0. The number of benzene rings is 3. The summed E-state index contributed by atoms with van der Waals surface area (Å²) in [6, 6.07) is 23.3. The Morgan fingerprint density at radius 1 is 0.792 bits per heavy atom. The molecule has 0 saturated carbocycles. The lowest BCUT2D eigenvalue weighted by atomic mass is 10.2. The van der Waals surface area contributed by atoms with Crippen molar-refractivity contribution in [3.8, 4) is 5.75 Å². The fraction of sp³-hybridized carbons (Fsp3) is 0.100. The van der Waals surface area contributed by atoms with Crippen LogP contribution in [0.2, 0.25) is 10.0 Å². The number of halogens is 2. The van der Waals surface area contributed by atoms with E-state index in [2.05, 4.69) is 5.32 Å². The fourth-order valence-corrected chi connectivity index (χ4v) is 2.64. The second-order valence-corrected chi connectivity index (χ2v) is 6.26. The van der Waals surface area contributed by atoms with Gasteiger partial charge in [0.25, 0.3) is 0 Å². The average Bonchev–Trinajstić information content (AvgIpc) is 2.61. The third-order valence-electron chi connectivity index (χ3n) is 3.59. The molecule has 4 heteroatoms. The van der Waals surface area contributed by atoms with E-state index in [1.165, 1.54) is 0 Å². The molecule has 3 rings (SSSR count). The first kappa shape index (κ1) is 16.7. The molecule has 3 aromatic rings. The Morgan fingerprint density at radius 3 is 2.25 bits per heavy atom. The van der Waals surface area contributed by atoms with Gasteiger partial charge in [0.2, 0.25) is 0 Å². The first-order chi connectivity index (χ1) is 11.7. The van der Waals surface area contributed by atoms with Crippen LogP contribution in [0.3, 0.4) is 0 Å². The number of hydrogen-bond acceptors (Lipinski definition) is 2. The molecule has 0 bridgehead atoms. The van der Waals surface area contributed by atoms with E-state index in [0.717, 1.165) is 27.6 Å². The summed E-state index contributed by atoms with van der Waals surface area (Å²) in [5.41, 5.74) is 3.14. The minimum absolute atomic E-state index is 0.483. The van der Waals surface area contributed by atoms with Crippen LogP contribution < -0.4 is 10.1 Å². The average molecular weight is 358 g/mol. The first-order valence-corrected chi connectivity index (χ1v) is 8.41. The monoisotopic (exact) mass is 357 g/mol. The first-order valence-electron chi connectivity index (χ1n) is 7.65. The molecule has 0 aliphatic carbocycles. The zero-order valence-corrected chi connectivity index (χ0v) is 14.5. The van der Waals surface area contributed by atoms with E-state index in [9.17, 15) is 0 Å². The van der Waals surface area contributed by atoms with Crippen LogP contribution in [0.5, 0.6) is 5.75 Å². The molecule has 0 aliphatic heterocycles. The van der Waals surface area contributed by atoms with Gasteiger partial charge in [0.05, 0.1) is 0 Å². The Kier molecular flexibility index (Phi) is 5.63. The largest absolute Gasteiger partial charge is 0.489 e. The normalized spacial score (nSPS) is 10.4. The standard InChI is InChI=1S/C20H17Cl2NO/c21-17-8-6-15(7-9-17)14-24-20-11-10-18(22)12-16(20)13-23-19-4-2-1-3-5-19/h1-12,23H,13-14H2. The van der Waals surface area contributed by atoms with E-state index < -0.39 is 0 Å². The highest BCUT2D eigenvalue weighted by Crippen LogP contribution is 2.25. The van der Waals surface area contributed by atoms with Crippen LogP contribution in [0.1, 0.15) is 11.1 Å². The predicted octanol–water partition coefficient (Wildman–Crippen LogP) is 6.18. The number of rotatable bonds is 6. The van der Waals surface area contributed by atoms with Gasteiger partial charge < -0.3 is 10.1 Å². The van der Waals surface area contributed by atoms with E-state index >= 15 is 0 Å². The molecule has 0 aromatic heterocycles. The molecule has 0 radical (unpaired) electrons. The highest BCUT2D eigenvalue weighted by atomic mass is 35.5. The minimum Gasteiger partial charge on any atom is -0.489 e. The van der Waals surface area contributed by atoms with E-state index in [-0.39, 0.29) is 0 Å². The number of nitrogens with one attached hydrogen (secondary N) is 1. The van der Waals surface area contributed by atoms with Gasteiger partial charge in [-0.2, -0.15) is 0 Å². The maximum absolute atomic E-state index is 6.14. The lowest BCUT2D eigenvalue weighted by Crippen LogP contribution is -2.03. The summed E-state index contributed by atoms with van der Waals surface area (Å²) >= 11 is 12.0. The maximum Gasteiger partial charge on any atom is 0.124 e. The van der Waals surface area contributed by atoms with Gasteiger partial charge in [-0.05, 0) is 48.0 Å². The van der Waals surface area contributed by atoms with Crippen molar-refractivity contribution in [1.29, 1.82) is 0 Å². The molecule has 122 valence electrons. The highest BCUT2D eigenvalue weighted by Gasteiger charge is 2.06. The van der Waals surface area contributed by atoms with E-state index in [4.69, 9.17) is 27.9 Å². The molecular formula is C20H17Cl2NO. The smallest absolute Gasteiger partial charge is 0.124 e. The Bertz CT molecular complexity index is 788. The minimum atomic E-state index is 0.483. The number of hydrogen-bond donors (Lipinski definition) is 1. The zero-order valence-electron chi connectivity index (χ0n) is 13.0. The lowest BCUT2D eigenvalue weighted by molar-refractivity contribution is 0.303. The molecule has 3 aromatic carbocycles. The Hall–Kier alpha value is -2.16. The lowest BCUT2D eigenvalue weighted by Gasteiger charge is -2.13. The molecule has 0 fully saturated rings. The van der Waals surface area contributed by atoms with Crippen LogP contribution in [0.4, 0.5) is 5.69 Å². The fourth-order valence-electron chi connectivity index (χ4n) is 2.32. The third kappa shape index (κ3) is 4.67. The molecule has 0 saturated heterocycles. The van der Waals surface area contributed by atoms with E-state index in [0.29, 0.717) is 18.2 Å². The Morgan fingerprint density at radius 2 is 1.50 bits per heavy atom. The van der Waals surface area contributed by atoms with Crippen molar-refractivity contribution in [1.82, 2.24) is 0 Å². The molecule has 0 atom stereocenters. The predicted molar refractivity (Wildman–Crippen MR) is 101 cm³/mol. The van der Waals surface area contributed by atoms with Gasteiger partial charge in [0, 0.05) is 27.8 Å². The number of para-hydroxylation sites is 1. The maximum atomic E-state index is 6.14. The molecule has 0 aliphatic rings. The van der Waals surface area contributed by atoms with Crippen molar-refractivity contribution < 1.29 is 4.74 Å². The van der Waals surface area contributed by atoms with Gasteiger partial charge in [0.15, 0.2) is 0 Å².